The molecule has 0 bridgehead atoms. The first-order chi connectivity index (χ1) is 12.2. The summed E-state index contributed by atoms with van der Waals surface area (Å²) in [5.74, 6) is 0.504. The number of carbonyl (C=O) groups excluding carboxylic acids is 2. The van der Waals surface area contributed by atoms with Crippen molar-refractivity contribution in [2.75, 3.05) is 11.4 Å². The van der Waals surface area contributed by atoms with E-state index >= 15 is 0 Å². The van der Waals surface area contributed by atoms with Crippen LogP contribution in [-0.2, 0) is 17.8 Å². The van der Waals surface area contributed by atoms with Crippen molar-refractivity contribution in [1.29, 1.82) is 0 Å². The van der Waals surface area contributed by atoms with Crippen LogP contribution in [0.1, 0.15) is 34.5 Å². The predicted octanol–water partition coefficient (Wildman–Crippen LogP) is 1.84. The van der Waals surface area contributed by atoms with Crippen LogP contribution < -0.4 is 16.0 Å². The van der Waals surface area contributed by atoms with Crippen molar-refractivity contribution in [3.63, 3.8) is 0 Å². The van der Waals surface area contributed by atoms with Crippen LogP contribution in [0.5, 0.6) is 0 Å². The third kappa shape index (κ3) is 3.05. The number of anilines is 1. The summed E-state index contributed by atoms with van der Waals surface area (Å²) in [5.41, 5.74) is 8.38. The van der Waals surface area contributed by atoms with Crippen LogP contribution >= 0.6 is 0 Å². The van der Waals surface area contributed by atoms with E-state index < -0.39 is 0 Å². The average molecular weight is 339 g/mol. The number of furan rings is 1. The minimum Gasteiger partial charge on any atom is -0.459 e. The molecule has 130 valence electrons. The van der Waals surface area contributed by atoms with Crippen LogP contribution in [-0.4, -0.2) is 24.4 Å². The molecular formula is C19H21N3O3. The summed E-state index contributed by atoms with van der Waals surface area (Å²) >= 11 is 0. The van der Waals surface area contributed by atoms with Crippen molar-refractivity contribution in [1.82, 2.24) is 5.32 Å². The Morgan fingerprint density at radius 2 is 2.12 bits per heavy atom. The molecule has 1 saturated carbocycles. The van der Waals surface area contributed by atoms with Crippen LogP contribution in [0.15, 0.2) is 41.0 Å². The SMILES string of the molecule is NCC(NC(=O)c1occc1CN1C(=O)Cc2ccccc21)C1CC1. The van der Waals surface area contributed by atoms with Gasteiger partial charge < -0.3 is 20.4 Å². The lowest BCUT2D eigenvalue weighted by atomic mass is 10.1. The molecule has 2 aliphatic rings. The molecule has 4 rings (SSSR count). The van der Waals surface area contributed by atoms with Crippen LogP contribution in [0.4, 0.5) is 5.69 Å². The van der Waals surface area contributed by atoms with Crippen molar-refractivity contribution in [2.24, 2.45) is 11.7 Å². The highest BCUT2D eigenvalue weighted by atomic mass is 16.3. The lowest BCUT2D eigenvalue weighted by Gasteiger charge is -2.18. The van der Waals surface area contributed by atoms with E-state index in [0.29, 0.717) is 31.0 Å². The van der Waals surface area contributed by atoms with Crippen LogP contribution in [0, 0.1) is 5.92 Å². The number of hydrogen-bond acceptors (Lipinski definition) is 4. The zero-order chi connectivity index (χ0) is 17.4. The fourth-order valence-electron chi connectivity index (χ4n) is 3.42. The number of para-hydroxylation sites is 1. The molecule has 1 atom stereocenters. The maximum atomic E-state index is 12.6. The predicted molar refractivity (Wildman–Crippen MR) is 93.1 cm³/mol. The molecule has 25 heavy (non-hydrogen) atoms. The van der Waals surface area contributed by atoms with Gasteiger partial charge in [0.2, 0.25) is 5.91 Å². The molecule has 1 aromatic carbocycles. The second kappa shape index (κ2) is 6.37. The van der Waals surface area contributed by atoms with E-state index in [2.05, 4.69) is 5.32 Å². The minimum atomic E-state index is -0.262. The molecule has 2 aromatic rings. The zero-order valence-electron chi connectivity index (χ0n) is 13.9. The number of benzene rings is 1. The molecule has 1 aliphatic carbocycles. The molecule has 0 saturated heterocycles. The normalized spacial score (nSPS) is 17.5. The van der Waals surface area contributed by atoms with Gasteiger partial charge in [-0.2, -0.15) is 0 Å². The summed E-state index contributed by atoms with van der Waals surface area (Å²) in [6.07, 6.45) is 4.09. The van der Waals surface area contributed by atoms with Crippen LogP contribution in [0.3, 0.4) is 0 Å². The lowest BCUT2D eigenvalue weighted by Crippen LogP contribution is -2.42. The number of nitrogens with two attached hydrogens (primary N) is 1. The number of rotatable bonds is 6. The number of nitrogens with zero attached hydrogens (tertiary/aromatic N) is 1. The average Bonchev–Trinajstić information content (AvgIpc) is 3.27. The third-order valence-electron chi connectivity index (χ3n) is 4.97. The van der Waals surface area contributed by atoms with E-state index in [4.69, 9.17) is 10.2 Å². The summed E-state index contributed by atoms with van der Waals surface area (Å²) in [4.78, 5) is 26.6. The Morgan fingerprint density at radius 3 is 2.88 bits per heavy atom. The Balaban J connectivity index is 1.52. The molecule has 1 aliphatic heterocycles. The fraction of sp³-hybridized carbons (Fsp3) is 0.368. The molecule has 1 aromatic heterocycles. The highest BCUT2D eigenvalue weighted by molar-refractivity contribution is 6.01. The number of fused-ring (bicyclic) bond motifs is 1. The van der Waals surface area contributed by atoms with Gasteiger partial charge in [0.15, 0.2) is 5.76 Å². The highest BCUT2D eigenvalue weighted by Gasteiger charge is 2.33. The largest absolute Gasteiger partial charge is 0.459 e. The van der Waals surface area contributed by atoms with Crippen molar-refractivity contribution >= 4 is 17.5 Å². The number of carbonyl (C=O) groups is 2. The van der Waals surface area contributed by atoms with E-state index in [0.717, 1.165) is 24.1 Å². The topological polar surface area (TPSA) is 88.6 Å². The Hall–Kier alpha value is -2.60. The number of nitrogens with one attached hydrogen (secondary N) is 1. The van der Waals surface area contributed by atoms with Gasteiger partial charge in [-0.25, -0.2) is 0 Å². The van der Waals surface area contributed by atoms with Gasteiger partial charge in [0.05, 0.1) is 19.2 Å². The van der Waals surface area contributed by atoms with E-state index in [9.17, 15) is 9.59 Å². The third-order valence-corrected chi connectivity index (χ3v) is 4.97. The molecular weight excluding hydrogens is 318 g/mol. The monoisotopic (exact) mass is 339 g/mol. The minimum absolute atomic E-state index is 0.0143. The molecule has 2 amide bonds. The first-order valence-electron chi connectivity index (χ1n) is 8.63. The van der Waals surface area contributed by atoms with Crippen molar-refractivity contribution in [3.8, 4) is 0 Å². The molecule has 3 N–H and O–H groups in total. The summed E-state index contributed by atoms with van der Waals surface area (Å²) in [6.45, 7) is 0.746. The lowest BCUT2D eigenvalue weighted by molar-refractivity contribution is -0.117. The Bertz CT molecular complexity index is 810. The van der Waals surface area contributed by atoms with Gasteiger partial charge in [-0.1, -0.05) is 18.2 Å². The van der Waals surface area contributed by atoms with E-state index in [1.165, 1.54) is 6.26 Å². The van der Waals surface area contributed by atoms with E-state index in [-0.39, 0.29) is 23.6 Å². The maximum absolute atomic E-state index is 12.6. The molecule has 2 heterocycles. The Labute approximate surface area is 146 Å². The first kappa shape index (κ1) is 15.9. The van der Waals surface area contributed by atoms with Gasteiger partial charge in [-0.05, 0) is 36.5 Å². The summed E-state index contributed by atoms with van der Waals surface area (Å²) < 4.78 is 5.41. The van der Waals surface area contributed by atoms with Gasteiger partial charge in [0, 0.05) is 23.8 Å². The second-order valence-corrected chi connectivity index (χ2v) is 6.71. The molecule has 6 heteroatoms. The van der Waals surface area contributed by atoms with E-state index in [1.54, 1.807) is 11.0 Å². The van der Waals surface area contributed by atoms with E-state index in [1.807, 2.05) is 24.3 Å². The summed E-state index contributed by atoms with van der Waals surface area (Å²) in [7, 11) is 0. The highest BCUT2D eigenvalue weighted by Crippen LogP contribution is 2.33. The van der Waals surface area contributed by atoms with Gasteiger partial charge in [0.1, 0.15) is 0 Å². The molecule has 1 unspecified atom stereocenters. The number of amides is 2. The molecule has 0 spiro atoms. The van der Waals surface area contributed by atoms with Gasteiger partial charge >= 0.3 is 0 Å². The van der Waals surface area contributed by atoms with Crippen molar-refractivity contribution in [3.05, 3.63) is 53.5 Å². The summed E-state index contributed by atoms with van der Waals surface area (Å²) in [5, 5.41) is 2.97. The standard InChI is InChI=1S/C19H21N3O3/c20-10-15(12-5-6-12)21-19(24)18-14(7-8-25-18)11-22-16-4-2-1-3-13(16)9-17(22)23/h1-4,7-8,12,15H,5-6,9-11,20H2,(H,21,24). The maximum Gasteiger partial charge on any atom is 0.287 e. The smallest absolute Gasteiger partial charge is 0.287 e. The van der Waals surface area contributed by atoms with Crippen molar-refractivity contribution in [2.45, 2.75) is 31.8 Å². The molecule has 6 nitrogen and oxygen atoms in total. The molecule has 0 radical (unpaired) electrons. The van der Waals surface area contributed by atoms with Gasteiger partial charge in [-0.3, -0.25) is 9.59 Å². The zero-order valence-corrected chi connectivity index (χ0v) is 13.9. The number of hydrogen-bond donors (Lipinski definition) is 2. The van der Waals surface area contributed by atoms with Crippen molar-refractivity contribution < 1.29 is 14.0 Å². The first-order valence-corrected chi connectivity index (χ1v) is 8.63. The summed E-state index contributed by atoms with van der Waals surface area (Å²) in [6, 6.07) is 9.46. The molecule has 1 fully saturated rings. The fourth-order valence-corrected chi connectivity index (χ4v) is 3.42. The second-order valence-electron chi connectivity index (χ2n) is 6.71. The van der Waals surface area contributed by atoms with Gasteiger partial charge in [0.25, 0.3) is 5.91 Å². The quantitative estimate of drug-likeness (QED) is 0.840. The van der Waals surface area contributed by atoms with Crippen LogP contribution in [0.2, 0.25) is 0 Å². The Morgan fingerprint density at radius 1 is 1.32 bits per heavy atom. The Kier molecular flexibility index (Phi) is 4.05. The van der Waals surface area contributed by atoms with Gasteiger partial charge in [-0.15, -0.1) is 0 Å². The van der Waals surface area contributed by atoms with Crippen LogP contribution in [0.25, 0.3) is 0 Å².